The number of ether oxygens (including phenoxy) is 1. The first kappa shape index (κ1) is 23.3. The Morgan fingerprint density at radius 1 is 1.03 bits per heavy atom. The van der Waals surface area contributed by atoms with Gasteiger partial charge in [-0.2, -0.15) is 0 Å². The number of carboxylic acid groups (broad SMARTS) is 1. The lowest BCUT2D eigenvalue weighted by atomic mass is 9.98. The molecule has 0 radical (unpaired) electrons. The number of benzene rings is 2. The van der Waals surface area contributed by atoms with Crippen LogP contribution in [0.3, 0.4) is 0 Å². The molecule has 0 spiro atoms. The van der Waals surface area contributed by atoms with E-state index < -0.39 is 42.3 Å². The zero-order valence-electron chi connectivity index (χ0n) is 18.9. The first-order valence-electron chi connectivity index (χ1n) is 11.7. The summed E-state index contributed by atoms with van der Waals surface area (Å²) < 4.78 is 31.9. The molecule has 3 N–H and O–H groups in total. The molecule has 2 amide bonds. The van der Waals surface area contributed by atoms with Crippen molar-refractivity contribution in [3.8, 4) is 11.1 Å². The summed E-state index contributed by atoms with van der Waals surface area (Å²) in [6, 6.07) is 14.0. The lowest BCUT2D eigenvalue weighted by Crippen LogP contribution is -2.45. The van der Waals surface area contributed by atoms with Crippen LogP contribution in [0, 0.1) is 11.3 Å². The Balaban J connectivity index is 1.16. The molecule has 0 aliphatic heterocycles. The van der Waals surface area contributed by atoms with Gasteiger partial charge < -0.3 is 20.5 Å². The lowest BCUT2D eigenvalue weighted by molar-refractivity contribution is -0.139. The number of hydrogen-bond donors (Lipinski definition) is 3. The van der Waals surface area contributed by atoms with Crippen LogP contribution in [0.5, 0.6) is 0 Å². The molecule has 2 aromatic rings. The number of fused-ring (bicyclic) bond motifs is 4. The van der Waals surface area contributed by atoms with Gasteiger partial charge in [0.15, 0.2) is 0 Å². The van der Waals surface area contributed by atoms with Crippen molar-refractivity contribution in [1.29, 1.82) is 0 Å². The van der Waals surface area contributed by atoms with Gasteiger partial charge in [-0.15, -0.1) is 0 Å². The van der Waals surface area contributed by atoms with Crippen LogP contribution in [-0.4, -0.2) is 48.2 Å². The molecule has 0 heterocycles. The van der Waals surface area contributed by atoms with Crippen LogP contribution in [0.4, 0.5) is 13.6 Å². The largest absolute Gasteiger partial charge is 0.481 e. The number of aliphatic carboxylic acids is 1. The lowest BCUT2D eigenvalue weighted by Gasteiger charge is -2.21. The number of carboxylic acids is 1. The minimum absolute atomic E-state index is 0.0236. The standard InChI is InChI=1S/C26H26F2N2O5/c27-23(28)21(10-22(31)32)30-24(33)26-11-14(26)9-15(12-26)29-25(34)35-13-20-18-7-3-1-5-16(18)17-6-2-4-8-19(17)20/h1-8,14-15,20-21,23H,9-13H2,(H,29,34)(H,30,33)(H,31,32)/t14-,15+,21?,26+/m1/s1. The number of alkyl carbamates (subject to hydrolysis) is 1. The number of alkyl halides is 2. The molecule has 184 valence electrons. The van der Waals surface area contributed by atoms with E-state index in [0.717, 1.165) is 22.3 Å². The van der Waals surface area contributed by atoms with Gasteiger partial charge in [-0.1, -0.05) is 48.5 Å². The monoisotopic (exact) mass is 484 g/mol. The van der Waals surface area contributed by atoms with Gasteiger partial charge in [0.25, 0.3) is 6.43 Å². The predicted octanol–water partition coefficient (Wildman–Crippen LogP) is 3.92. The molecule has 35 heavy (non-hydrogen) atoms. The molecule has 0 bridgehead atoms. The molecule has 2 fully saturated rings. The molecule has 0 aromatic heterocycles. The summed E-state index contributed by atoms with van der Waals surface area (Å²) in [5.74, 6) is -2.06. The molecule has 2 aromatic carbocycles. The van der Waals surface area contributed by atoms with Gasteiger partial charge in [0.1, 0.15) is 12.6 Å². The summed E-state index contributed by atoms with van der Waals surface area (Å²) >= 11 is 0. The third kappa shape index (κ3) is 4.35. The van der Waals surface area contributed by atoms with Crippen molar-refractivity contribution in [3.05, 3.63) is 59.7 Å². The average molecular weight is 484 g/mol. The number of carbonyl (C=O) groups excluding carboxylic acids is 2. The number of hydrogen-bond acceptors (Lipinski definition) is 4. The van der Waals surface area contributed by atoms with Gasteiger partial charge in [0.05, 0.1) is 11.8 Å². The molecule has 5 rings (SSSR count). The highest BCUT2D eigenvalue weighted by Crippen LogP contribution is 2.63. The molecule has 0 saturated heterocycles. The van der Waals surface area contributed by atoms with Gasteiger partial charge in [-0.3, -0.25) is 9.59 Å². The smallest absolute Gasteiger partial charge is 0.407 e. The third-order valence-corrected chi connectivity index (χ3v) is 7.54. The van der Waals surface area contributed by atoms with E-state index in [-0.39, 0.29) is 24.5 Å². The van der Waals surface area contributed by atoms with Crippen molar-refractivity contribution in [3.63, 3.8) is 0 Å². The summed E-state index contributed by atoms with van der Waals surface area (Å²) in [6.07, 6.45) is -2.98. The third-order valence-electron chi connectivity index (χ3n) is 7.54. The summed E-state index contributed by atoms with van der Waals surface area (Å²) in [5, 5.41) is 13.8. The van der Waals surface area contributed by atoms with E-state index in [4.69, 9.17) is 9.84 Å². The highest BCUT2D eigenvalue weighted by molar-refractivity contribution is 5.87. The minimum atomic E-state index is -2.97. The van der Waals surface area contributed by atoms with Gasteiger partial charge in [0.2, 0.25) is 5.91 Å². The van der Waals surface area contributed by atoms with E-state index in [2.05, 4.69) is 22.8 Å². The summed E-state index contributed by atoms with van der Waals surface area (Å²) in [4.78, 5) is 36.1. The average Bonchev–Trinajstić information content (AvgIpc) is 3.25. The highest BCUT2D eigenvalue weighted by Gasteiger charge is 2.65. The number of carbonyl (C=O) groups is 3. The zero-order valence-corrected chi connectivity index (χ0v) is 18.9. The Bertz CT molecular complexity index is 1130. The predicted molar refractivity (Wildman–Crippen MR) is 122 cm³/mol. The minimum Gasteiger partial charge on any atom is -0.481 e. The zero-order chi connectivity index (χ0) is 24.7. The maximum atomic E-state index is 13.1. The van der Waals surface area contributed by atoms with Gasteiger partial charge in [-0.25, -0.2) is 13.6 Å². The maximum Gasteiger partial charge on any atom is 0.407 e. The topological polar surface area (TPSA) is 105 Å². The van der Waals surface area contributed by atoms with Crippen molar-refractivity contribution in [1.82, 2.24) is 10.6 Å². The molecule has 2 saturated carbocycles. The first-order chi connectivity index (χ1) is 16.8. The van der Waals surface area contributed by atoms with E-state index in [1.165, 1.54) is 0 Å². The van der Waals surface area contributed by atoms with E-state index >= 15 is 0 Å². The van der Waals surface area contributed by atoms with Crippen molar-refractivity contribution in [2.75, 3.05) is 6.61 Å². The van der Waals surface area contributed by atoms with Crippen LogP contribution < -0.4 is 10.6 Å². The van der Waals surface area contributed by atoms with Crippen molar-refractivity contribution < 1.29 is 33.0 Å². The number of rotatable bonds is 8. The second kappa shape index (κ2) is 8.94. The van der Waals surface area contributed by atoms with E-state index in [1.54, 1.807) is 0 Å². The Kier molecular flexibility index (Phi) is 5.94. The van der Waals surface area contributed by atoms with Crippen molar-refractivity contribution in [2.45, 2.75) is 50.1 Å². The van der Waals surface area contributed by atoms with Gasteiger partial charge in [0, 0.05) is 12.0 Å². The Labute approximate surface area is 200 Å². The summed E-state index contributed by atoms with van der Waals surface area (Å²) in [5.41, 5.74) is 3.65. The van der Waals surface area contributed by atoms with Crippen molar-refractivity contribution in [2.24, 2.45) is 11.3 Å². The SMILES string of the molecule is O=C(O)CC(NC(=O)[C@@]12C[C@@H](NC(=O)OCC3c4ccccc4-c4ccccc43)C[C@@H]1C2)C(F)F. The van der Waals surface area contributed by atoms with Crippen LogP contribution >= 0.6 is 0 Å². The second-order valence-corrected chi connectivity index (χ2v) is 9.68. The fourth-order valence-electron chi connectivity index (χ4n) is 5.80. The number of amides is 2. The van der Waals surface area contributed by atoms with Crippen LogP contribution in [0.25, 0.3) is 11.1 Å². The van der Waals surface area contributed by atoms with E-state index in [0.29, 0.717) is 19.3 Å². The van der Waals surface area contributed by atoms with E-state index in [1.807, 2.05) is 36.4 Å². The molecule has 1 unspecified atom stereocenters. The first-order valence-corrected chi connectivity index (χ1v) is 11.7. The van der Waals surface area contributed by atoms with E-state index in [9.17, 15) is 23.2 Å². The molecule has 7 nitrogen and oxygen atoms in total. The molecule has 3 aliphatic carbocycles. The van der Waals surface area contributed by atoms with Gasteiger partial charge in [-0.05, 0) is 47.4 Å². The summed E-state index contributed by atoms with van der Waals surface area (Å²) in [6.45, 7) is 0.174. The Morgan fingerprint density at radius 3 is 2.26 bits per heavy atom. The Morgan fingerprint density at radius 2 is 1.66 bits per heavy atom. The maximum absolute atomic E-state index is 13.1. The Hall–Kier alpha value is -3.49. The summed E-state index contributed by atoms with van der Waals surface area (Å²) in [7, 11) is 0. The second-order valence-electron chi connectivity index (χ2n) is 9.68. The molecule has 9 heteroatoms. The van der Waals surface area contributed by atoms with Crippen LogP contribution in [-0.2, 0) is 14.3 Å². The molecule has 3 aliphatic rings. The fourth-order valence-corrected chi connectivity index (χ4v) is 5.80. The fraction of sp³-hybridized carbons (Fsp3) is 0.423. The van der Waals surface area contributed by atoms with Crippen molar-refractivity contribution >= 4 is 18.0 Å². The highest BCUT2D eigenvalue weighted by atomic mass is 19.3. The molecular weight excluding hydrogens is 458 g/mol. The van der Waals surface area contributed by atoms with Crippen LogP contribution in [0.15, 0.2) is 48.5 Å². The van der Waals surface area contributed by atoms with Crippen LogP contribution in [0.1, 0.15) is 42.7 Å². The number of halogens is 2. The quantitative estimate of drug-likeness (QED) is 0.527. The van der Waals surface area contributed by atoms with Crippen LogP contribution in [0.2, 0.25) is 0 Å². The number of nitrogens with one attached hydrogen (secondary N) is 2. The normalized spacial score (nSPS) is 24.8. The molecule has 4 atom stereocenters. The molecular formula is C26H26F2N2O5. The van der Waals surface area contributed by atoms with Gasteiger partial charge >= 0.3 is 12.1 Å².